The van der Waals surface area contributed by atoms with Crippen LogP contribution in [-0.4, -0.2) is 44.3 Å². The number of nitrogens with zero attached hydrogens (tertiary/aromatic N) is 2. The molecule has 1 aliphatic rings. The quantitative estimate of drug-likeness (QED) is 0.543. The van der Waals surface area contributed by atoms with Gasteiger partial charge in [-0.2, -0.15) is 0 Å². The molecule has 154 valence electrons. The maximum Gasteiger partial charge on any atom is 0.293 e. The zero-order valence-electron chi connectivity index (χ0n) is 15.8. The maximum absolute atomic E-state index is 12.6. The van der Waals surface area contributed by atoms with Gasteiger partial charge >= 0.3 is 0 Å². The molecule has 0 spiro atoms. The van der Waals surface area contributed by atoms with Gasteiger partial charge in [-0.25, -0.2) is 13.1 Å². The minimum absolute atomic E-state index is 0.0852. The highest BCUT2D eigenvalue weighted by molar-refractivity contribution is 7.89. The van der Waals surface area contributed by atoms with Crippen molar-refractivity contribution in [2.45, 2.75) is 24.3 Å². The van der Waals surface area contributed by atoms with Gasteiger partial charge in [-0.1, -0.05) is 12.1 Å². The summed E-state index contributed by atoms with van der Waals surface area (Å²) < 4.78 is 32.5. The summed E-state index contributed by atoms with van der Waals surface area (Å²) in [6.07, 6.45) is 1.96. The number of carbonyl (C=O) groups is 1. The molecule has 29 heavy (non-hydrogen) atoms. The monoisotopic (exact) mass is 419 g/mol. The van der Waals surface area contributed by atoms with Gasteiger partial charge in [0.05, 0.1) is 18.1 Å². The number of nitrogens with one attached hydrogen (secondary N) is 1. The van der Waals surface area contributed by atoms with Crippen LogP contribution in [0.3, 0.4) is 0 Å². The first kappa shape index (κ1) is 20.7. The molecule has 10 heteroatoms. The van der Waals surface area contributed by atoms with E-state index in [4.69, 9.17) is 4.74 Å². The first-order valence-electron chi connectivity index (χ1n) is 9.02. The summed E-state index contributed by atoms with van der Waals surface area (Å²) in [7, 11) is -2.82. The van der Waals surface area contributed by atoms with Crippen LogP contribution < -0.4 is 9.46 Å². The molecule has 0 atom stereocenters. The SMILES string of the molecule is COc1ccc(S(=O)(=O)NCc2cccc(C(=O)N3CCCC3)c2)c([N+](=O)[O-])c1. The van der Waals surface area contributed by atoms with Gasteiger partial charge in [0.15, 0.2) is 4.90 Å². The lowest BCUT2D eigenvalue weighted by molar-refractivity contribution is -0.387. The van der Waals surface area contributed by atoms with Crippen LogP contribution in [0.25, 0.3) is 0 Å². The Labute approximate surface area is 168 Å². The van der Waals surface area contributed by atoms with Crippen molar-refractivity contribution in [2.75, 3.05) is 20.2 Å². The van der Waals surface area contributed by atoms with E-state index in [-0.39, 0.29) is 18.2 Å². The van der Waals surface area contributed by atoms with Gasteiger partial charge in [-0.3, -0.25) is 14.9 Å². The third-order valence-corrected chi connectivity index (χ3v) is 6.13. The van der Waals surface area contributed by atoms with Crippen LogP contribution in [0.15, 0.2) is 47.4 Å². The summed E-state index contributed by atoms with van der Waals surface area (Å²) in [4.78, 5) is 24.3. The highest BCUT2D eigenvalue weighted by Crippen LogP contribution is 2.28. The summed E-state index contributed by atoms with van der Waals surface area (Å²) in [5.74, 6) is 0.0989. The number of carbonyl (C=O) groups excluding carboxylic acids is 1. The van der Waals surface area contributed by atoms with E-state index >= 15 is 0 Å². The largest absolute Gasteiger partial charge is 0.497 e. The molecule has 0 radical (unpaired) electrons. The van der Waals surface area contributed by atoms with E-state index in [2.05, 4.69) is 4.72 Å². The molecule has 2 aromatic carbocycles. The molecule has 3 rings (SSSR count). The Morgan fingerprint density at radius 2 is 1.93 bits per heavy atom. The Hall–Kier alpha value is -2.98. The molecule has 9 nitrogen and oxygen atoms in total. The lowest BCUT2D eigenvalue weighted by Crippen LogP contribution is -2.28. The number of rotatable bonds is 7. The first-order valence-corrected chi connectivity index (χ1v) is 10.5. The molecule has 1 fully saturated rings. The molecule has 1 saturated heterocycles. The van der Waals surface area contributed by atoms with Crippen LogP contribution in [0.1, 0.15) is 28.8 Å². The van der Waals surface area contributed by atoms with E-state index in [0.717, 1.165) is 38.1 Å². The highest BCUT2D eigenvalue weighted by atomic mass is 32.2. The van der Waals surface area contributed by atoms with Gasteiger partial charge in [-0.05, 0) is 42.7 Å². The minimum Gasteiger partial charge on any atom is -0.497 e. The second-order valence-electron chi connectivity index (χ2n) is 6.62. The number of nitro groups is 1. The van der Waals surface area contributed by atoms with E-state index in [1.165, 1.54) is 13.2 Å². The molecule has 1 N–H and O–H groups in total. The molecular formula is C19H21N3O6S. The van der Waals surface area contributed by atoms with Crippen molar-refractivity contribution in [3.05, 3.63) is 63.7 Å². The van der Waals surface area contributed by atoms with Crippen molar-refractivity contribution in [1.29, 1.82) is 0 Å². The average molecular weight is 419 g/mol. The highest BCUT2D eigenvalue weighted by Gasteiger charge is 2.26. The molecule has 0 bridgehead atoms. The molecule has 0 saturated carbocycles. The number of ether oxygens (including phenoxy) is 1. The molecule has 0 unspecified atom stereocenters. The van der Waals surface area contributed by atoms with Crippen LogP contribution in [0, 0.1) is 10.1 Å². The van der Waals surface area contributed by atoms with Crippen LogP contribution >= 0.6 is 0 Å². The third-order valence-electron chi connectivity index (χ3n) is 4.69. The van der Waals surface area contributed by atoms with Gasteiger partial charge in [-0.15, -0.1) is 0 Å². The maximum atomic E-state index is 12.6. The summed E-state index contributed by atoms with van der Waals surface area (Å²) in [6, 6.07) is 10.2. The average Bonchev–Trinajstić information content (AvgIpc) is 3.26. The minimum atomic E-state index is -4.15. The lowest BCUT2D eigenvalue weighted by atomic mass is 10.1. The van der Waals surface area contributed by atoms with Crippen molar-refractivity contribution in [3.63, 3.8) is 0 Å². The van der Waals surface area contributed by atoms with Crippen molar-refractivity contribution in [1.82, 2.24) is 9.62 Å². The topological polar surface area (TPSA) is 119 Å². The third kappa shape index (κ3) is 4.72. The van der Waals surface area contributed by atoms with Crippen molar-refractivity contribution < 1.29 is 22.9 Å². The Kier molecular flexibility index (Phi) is 6.14. The number of likely N-dealkylation sites (tertiary alicyclic amines) is 1. The second-order valence-corrected chi connectivity index (χ2v) is 8.35. The smallest absolute Gasteiger partial charge is 0.293 e. The predicted molar refractivity (Wildman–Crippen MR) is 105 cm³/mol. The molecule has 2 aromatic rings. The van der Waals surface area contributed by atoms with E-state index < -0.39 is 25.5 Å². The first-order chi connectivity index (χ1) is 13.8. The van der Waals surface area contributed by atoms with Crippen molar-refractivity contribution in [3.8, 4) is 5.75 Å². The predicted octanol–water partition coefficient (Wildman–Crippen LogP) is 2.32. The van der Waals surface area contributed by atoms with Crippen LogP contribution in [-0.2, 0) is 16.6 Å². The Morgan fingerprint density at radius 3 is 2.59 bits per heavy atom. The summed E-state index contributed by atoms with van der Waals surface area (Å²) in [5, 5.41) is 11.3. The van der Waals surface area contributed by atoms with Crippen molar-refractivity contribution in [2.24, 2.45) is 0 Å². The number of sulfonamides is 1. The molecule has 1 amide bonds. The van der Waals surface area contributed by atoms with Gasteiger partial charge < -0.3 is 9.64 Å². The zero-order chi connectivity index (χ0) is 21.0. The van der Waals surface area contributed by atoms with Crippen molar-refractivity contribution >= 4 is 21.6 Å². The number of hydrogen-bond acceptors (Lipinski definition) is 6. The molecular weight excluding hydrogens is 398 g/mol. The normalized spacial score (nSPS) is 14.0. The number of nitro benzene ring substituents is 1. The van der Waals surface area contributed by atoms with Crippen LogP contribution in [0.4, 0.5) is 5.69 Å². The van der Waals surface area contributed by atoms with Gasteiger partial charge in [0, 0.05) is 25.2 Å². The fraction of sp³-hybridized carbons (Fsp3) is 0.316. The summed E-state index contributed by atoms with van der Waals surface area (Å²) in [5.41, 5.74) is 0.489. The zero-order valence-corrected chi connectivity index (χ0v) is 16.6. The second kappa shape index (κ2) is 8.58. The fourth-order valence-corrected chi connectivity index (χ4v) is 4.34. The van der Waals surface area contributed by atoms with Gasteiger partial charge in [0.25, 0.3) is 11.6 Å². The van der Waals surface area contributed by atoms with E-state index in [0.29, 0.717) is 11.1 Å². The fourth-order valence-electron chi connectivity index (χ4n) is 3.17. The summed E-state index contributed by atoms with van der Waals surface area (Å²) in [6.45, 7) is 1.33. The van der Waals surface area contributed by atoms with Crippen LogP contribution in [0.2, 0.25) is 0 Å². The van der Waals surface area contributed by atoms with E-state index in [1.54, 1.807) is 29.2 Å². The van der Waals surface area contributed by atoms with E-state index in [9.17, 15) is 23.3 Å². The van der Waals surface area contributed by atoms with Gasteiger partial charge in [0.1, 0.15) is 5.75 Å². The number of methoxy groups -OCH3 is 1. The number of hydrogen-bond donors (Lipinski definition) is 1. The standard InChI is InChI=1S/C19H21N3O6S/c1-28-16-7-8-18(17(12-16)22(24)25)29(26,27)20-13-14-5-4-6-15(11-14)19(23)21-9-2-3-10-21/h4-8,11-12,20H,2-3,9-10,13H2,1H3. The number of benzene rings is 2. The number of amides is 1. The summed E-state index contributed by atoms with van der Waals surface area (Å²) >= 11 is 0. The Balaban J connectivity index is 1.78. The molecule has 0 aliphatic carbocycles. The molecule has 0 aromatic heterocycles. The molecule has 1 heterocycles. The van der Waals surface area contributed by atoms with Crippen LogP contribution in [0.5, 0.6) is 5.75 Å². The Bertz CT molecular complexity index is 1030. The Morgan fingerprint density at radius 1 is 1.21 bits per heavy atom. The van der Waals surface area contributed by atoms with E-state index in [1.807, 2.05) is 0 Å². The van der Waals surface area contributed by atoms with Gasteiger partial charge in [0.2, 0.25) is 10.0 Å². The lowest BCUT2D eigenvalue weighted by Gasteiger charge is -2.15. The molecule has 1 aliphatic heterocycles.